The highest BCUT2D eigenvalue weighted by molar-refractivity contribution is 5.92. The maximum atomic E-state index is 2.54. The highest BCUT2D eigenvalue weighted by Crippen LogP contribution is 2.49. The van der Waals surface area contributed by atoms with Crippen LogP contribution in [0.2, 0.25) is 0 Å². The number of rotatable bonds is 3. The van der Waals surface area contributed by atoms with Gasteiger partial charge in [-0.05, 0) is 104 Å². The molecule has 31 heavy (non-hydrogen) atoms. The van der Waals surface area contributed by atoms with Gasteiger partial charge >= 0.3 is 0 Å². The minimum absolute atomic E-state index is 0.585. The molecule has 158 valence electrons. The van der Waals surface area contributed by atoms with Gasteiger partial charge in [-0.2, -0.15) is 0 Å². The van der Waals surface area contributed by atoms with E-state index in [1.807, 2.05) is 0 Å². The van der Waals surface area contributed by atoms with Crippen LogP contribution in [0.5, 0.6) is 0 Å². The van der Waals surface area contributed by atoms with Gasteiger partial charge < -0.3 is 0 Å². The van der Waals surface area contributed by atoms with Crippen molar-refractivity contribution < 1.29 is 0 Å². The van der Waals surface area contributed by atoms with Crippen molar-refractivity contribution in [2.24, 2.45) is 5.92 Å². The Bertz CT molecular complexity index is 1190. The summed E-state index contributed by atoms with van der Waals surface area (Å²) in [6.45, 7) is 13.6. The first-order chi connectivity index (χ1) is 14.8. The van der Waals surface area contributed by atoms with Gasteiger partial charge in [-0.1, -0.05) is 84.1 Å². The fraction of sp³-hybridized carbons (Fsp3) is 0.355. The first-order valence-electron chi connectivity index (χ1n) is 11.9. The second-order valence-corrected chi connectivity index (χ2v) is 10.3. The number of allylic oxidation sites excluding steroid dienone is 1. The molecular formula is C31H34. The summed E-state index contributed by atoms with van der Waals surface area (Å²) in [7, 11) is 0. The predicted molar refractivity (Wildman–Crippen MR) is 135 cm³/mol. The zero-order chi connectivity index (χ0) is 21.9. The maximum Gasteiger partial charge on any atom is -0.00488 e. The Hall–Kier alpha value is -2.60. The van der Waals surface area contributed by atoms with Crippen LogP contribution in [0.3, 0.4) is 0 Å². The van der Waals surface area contributed by atoms with Crippen LogP contribution < -0.4 is 0 Å². The first kappa shape index (κ1) is 20.3. The molecule has 0 nitrogen and oxygen atoms in total. The molecular weight excluding hydrogens is 372 g/mol. The van der Waals surface area contributed by atoms with Gasteiger partial charge in [0.2, 0.25) is 0 Å². The molecule has 2 aliphatic carbocycles. The van der Waals surface area contributed by atoms with Crippen molar-refractivity contribution in [3.05, 3.63) is 86.5 Å². The minimum atomic E-state index is 0.585. The van der Waals surface area contributed by atoms with Crippen molar-refractivity contribution >= 4 is 6.08 Å². The van der Waals surface area contributed by atoms with E-state index in [4.69, 9.17) is 0 Å². The maximum absolute atomic E-state index is 2.54. The third-order valence-electron chi connectivity index (χ3n) is 7.19. The van der Waals surface area contributed by atoms with Crippen molar-refractivity contribution in [1.82, 2.24) is 0 Å². The van der Waals surface area contributed by atoms with Crippen LogP contribution in [-0.2, 0) is 19.3 Å². The van der Waals surface area contributed by atoms with Crippen LogP contribution in [0.4, 0.5) is 0 Å². The number of hydrogen-bond acceptors (Lipinski definition) is 0. The van der Waals surface area contributed by atoms with E-state index in [0.717, 1.165) is 6.42 Å². The topological polar surface area (TPSA) is 0 Å². The Morgan fingerprint density at radius 1 is 0.613 bits per heavy atom. The molecule has 3 aromatic carbocycles. The van der Waals surface area contributed by atoms with Crippen LogP contribution in [0, 0.1) is 33.6 Å². The SMILES string of the molecule is Cc1cc(C)cc(-c2c3c(c(-c4cc(C)cc(C)c4)c4c2CCC4)CC(C(C)C)=C3)c1. The largest absolute Gasteiger partial charge is 0.0626 e. The molecule has 0 radical (unpaired) electrons. The summed E-state index contributed by atoms with van der Waals surface area (Å²) < 4.78 is 0. The molecule has 0 fully saturated rings. The van der Waals surface area contributed by atoms with E-state index in [0.29, 0.717) is 5.92 Å². The van der Waals surface area contributed by atoms with E-state index >= 15 is 0 Å². The fourth-order valence-electron chi connectivity index (χ4n) is 6.00. The Kier molecular flexibility index (Phi) is 4.93. The van der Waals surface area contributed by atoms with Gasteiger partial charge in [-0.25, -0.2) is 0 Å². The molecule has 0 spiro atoms. The van der Waals surface area contributed by atoms with Crippen molar-refractivity contribution in [3.8, 4) is 22.3 Å². The lowest BCUT2D eigenvalue weighted by atomic mass is 9.82. The second kappa shape index (κ2) is 7.52. The highest BCUT2D eigenvalue weighted by atomic mass is 14.3. The van der Waals surface area contributed by atoms with Gasteiger partial charge in [0.05, 0.1) is 0 Å². The normalized spacial score (nSPS) is 14.7. The second-order valence-electron chi connectivity index (χ2n) is 10.3. The first-order valence-corrected chi connectivity index (χ1v) is 11.9. The molecule has 2 aliphatic rings. The van der Waals surface area contributed by atoms with Gasteiger partial charge in [0.1, 0.15) is 0 Å². The van der Waals surface area contributed by atoms with Crippen molar-refractivity contribution in [2.75, 3.05) is 0 Å². The number of hydrogen-bond donors (Lipinski definition) is 0. The van der Waals surface area contributed by atoms with Gasteiger partial charge in [-0.3, -0.25) is 0 Å². The molecule has 3 aromatic rings. The Balaban J connectivity index is 1.86. The van der Waals surface area contributed by atoms with E-state index in [-0.39, 0.29) is 0 Å². The van der Waals surface area contributed by atoms with Crippen LogP contribution in [-0.4, -0.2) is 0 Å². The average Bonchev–Trinajstić information content (AvgIpc) is 3.31. The smallest absolute Gasteiger partial charge is 0.00488 e. The van der Waals surface area contributed by atoms with E-state index in [1.54, 1.807) is 27.8 Å². The zero-order valence-electron chi connectivity index (χ0n) is 19.9. The number of aryl methyl sites for hydroxylation is 4. The summed E-state index contributed by atoms with van der Waals surface area (Å²) >= 11 is 0. The monoisotopic (exact) mass is 406 g/mol. The van der Waals surface area contributed by atoms with Gasteiger partial charge in [-0.15, -0.1) is 0 Å². The molecule has 0 heteroatoms. The Labute approximate surface area is 188 Å². The van der Waals surface area contributed by atoms with E-state index in [2.05, 4.69) is 84.0 Å². The summed E-state index contributed by atoms with van der Waals surface area (Å²) in [6.07, 6.45) is 7.32. The van der Waals surface area contributed by atoms with Gasteiger partial charge in [0.15, 0.2) is 0 Å². The summed E-state index contributed by atoms with van der Waals surface area (Å²) in [6, 6.07) is 14.2. The minimum Gasteiger partial charge on any atom is -0.0626 e. The molecule has 0 atom stereocenters. The predicted octanol–water partition coefficient (Wildman–Crippen LogP) is 8.34. The molecule has 0 amide bonds. The van der Waals surface area contributed by atoms with E-state index in [9.17, 15) is 0 Å². The molecule has 0 bridgehead atoms. The molecule has 5 rings (SSSR count). The van der Waals surface area contributed by atoms with Gasteiger partial charge in [0, 0.05) is 0 Å². The third kappa shape index (κ3) is 3.47. The van der Waals surface area contributed by atoms with E-state index < -0.39 is 0 Å². The molecule has 0 aliphatic heterocycles. The molecule has 0 N–H and O–H groups in total. The number of fused-ring (bicyclic) bond motifs is 2. The van der Waals surface area contributed by atoms with Crippen LogP contribution in [0.25, 0.3) is 28.3 Å². The zero-order valence-corrected chi connectivity index (χ0v) is 19.9. The van der Waals surface area contributed by atoms with Crippen LogP contribution in [0.15, 0.2) is 42.0 Å². The van der Waals surface area contributed by atoms with Gasteiger partial charge in [0.25, 0.3) is 0 Å². The summed E-state index contributed by atoms with van der Waals surface area (Å²) in [5, 5.41) is 0. The van der Waals surface area contributed by atoms with Crippen molar-refractivity contribution in [3.63, 3.8) is 0 Å². The number of benzene rings is 3. The highest BCUT2D eigenvalue weighted by Gasteiger charge is 2.30. The molecule has 0 heterocycles. The standard InChI is InChI=1S/C31H34/c1-18(2)23-16-28-29(17-23)31(25-14-21(5)11-22(6)15-25)27-9-7-8-26(27)30(28)24-12-19(3)10-20(4)13-24/h10-16,18H,7-9,17H2,1-6H3. The lowest BCUT2D eigenvalue weighted by Crippen LogP contribution is -2.03. The van der Waals surface area contributed by atoms with Crippen LogP contribution in [0.1, 0.15) is 64.8 Å². The Morgan fingerprint density at radius 2 is 1.10 bits per heavy atom. The molecule has 0 saturated carbocycles. The van der Waals surface area contributed by atoms with Crippen molar-refractivity contribution in [2.45, 2.75) is 67.2 Å². The summed E-state index contributed by atoms with van der Waals surface area (Å²) in [5.74, 6) is 0.585. The Morgan fingerprint density at radius 3 is 1.61 bits per heavy atom. The van der Waals surface area contributed by atoms with E-state index in [1.165, 1.54) is 63.8 Å². The lowest BCUT2D eigenvalue weighted by Gasteiger charge is -2.22. The van der Waals surface area contributed by atoms with Crippen LogP contribution >= 0.6 is 0 Å². The summed E-state index contributed by atoms with van der Waals surface area (Å²) in [4.78, 5) is 0. The quantitative estimate of drug-likeness (QED) is 0.410. The third-order valence-corrected chi connectivity index (χ3v) is 7.19. The lowest BCUT2D eigenvalue weighted by molar-refractivity contribution is 0.755. The average molecular weight is 407 g/mol. The molecule has 0 saturated heterocycles. The summed E-state index contributed by atoms with van der Waals surface area (Å²) in [5.41, 5.74) is 19.3. The van der Waals surface area contributed by atoms with Crippen molar-refractivity contribution in [1.29, 1.82) is 0 Å². The fourth-order valence-corrected chi connectivity index (χ4v) is 6.00. The molecule has 0 unspecified atom stereocenters. The molecule has 0 aromatic heterocycles.